The topological polar surface area (TPSA) is 64.4 Å². The highest BCUT2D eigenvalue weighted by Gasteiger charge is 2.37. The van der Waals surface area contributed by atoms with Gasteiger partial charge in [0.25, 0.3) is 0 Å². The zero-order chi connectivity index (χ0) is 11.5. The molecule has 1 aliphatic heterocycles. The van der Waals surface area contributed by atoms with Gasteiger partial charge in [0.15, 0.2) is 0 Å². The van der Waals surface area contributed by atoms with Crippen molar-refractivity contribution in [1.82, 2.24) is 5.32 Å². The van der Waals surface area contributed by atoms with Crippen molar-refractivity contribution in [3.05, 3.63) is 0 Å². The minimum absolute atomic E-state index is 0.0438. The van der Waals surface area contributed by atoms with Gasteiger partial charge in [0.05, 0.1) is 5.54 Å². The summed E-state index contributed by atoms with van der Waals surface area (Å²) >= 11 is 0. The van der Waals surface area contributed by atoms with Crippen LogP contribution in [0.3, 0.4) is 0 Å². The molecule has 15 heavy (non-hydrogen) atoms. The molecule has 0 atom stereocenters. The van der Waals surface area contributed by atoms with Gasteiger partial charge in [-0.15, -0.1) is 0 Å². The molecule has 1 fully saturated rings. The van der Waals surface area contributed by atoms with Crippen LogP contribution in [0.15, 0.2) is 0 Å². The van der Waals surface area contributed by atoms with Gasteiger partial charge in [0.1, 0.15) is 0 Å². The Morgan fingerprint density at radius 3 is 2.47 bits per heavy atom. The highest BCUT2D eigenvalue weighted by molar-refractivity contribution is 5.86. The van der Waals surface area contributed by atoms with Gasteiger partial charge in [-0.1, -0.05) is 6.92 Å². The Morgan fingerprint density at radius 1 is 1.47 bits per heavy atom. The zero-order valence-electron chi connectivity index (χ0n) is 9.93. The van der Waals surface area contributed by atoms with E-state index >= 15 is 0 Å². The molecule has 88 valence electrons. The molecule has 1 rings (SSSR count). The maximum Gasteiger partial charge on any atom is 0.240 e. The molecule has 4 nitrogen and oxygen atoms in total. The summed E-state index contributed by atoms with van der Waals surface area (Å²) in [6.45, 7) is 7.22. The second-order valence-corrected chi connectivity index (χ2v) is 4.96. The normalized spacial score (nSPS) is 21.1. The molecule has 1 heterocycles. The molecule has 0 spiro atoms. The average Bonchev–Trinajstić information content (AvgIpc) is 2.18. The van der Waals surface area contributed by atoms with E-state index in [1.54, 1.807) is 0 Å². The highest BCUT2D eigenvalue weighted by Crippen LogP contribution is 2.19. The fourth-order valence-corrected chi connectivity index (χ4v) is 1.48. The van der Waals surface area contributed by atoms with Crippen LogP contribution in [0.4, 0.5) is 0 Å². The number of carbonyl (C=O) groups is 1. The molecule has 0 aliphatic carbocycles. The molecule has 1 aliphatic rings. The first kappa shape index (κ1) is 12.5. The van der Waals surface area contributed by atoms with Crippen molar-refractivity contribution in [2.24, 2.45) is 5.73 Å². The van der Waals surface area contributed by atoms with Gasteiger partial charge in [0.2, 0.25) is 5.91 Å². The second-order valence-electron chi connectivity index (χ2n) is 4.96. The Morgan fingerprint density at radius 2 is 2.00 bits per heavy atom. The van der Waals surface area contributed by atoms with Gasteiger partial charge in [-0.2, -0.15) is 0 Å². The summed E-state index contributed by atoms with van der Waals surface area (Å²) in [6.07, 6.45) is 2.11. The van der Waals surface area contributed by atoms with E-state index in [2.05, 4.69) is 5.32 Å². The quantitative estimate of drug-likeness (QED) is 0.730. The van der Waals surface area contributed by atoms with E-state index in [1.165, 1.54) is 0 Å². The molecule has 1 amide bonds. The van der Waals surface area contributed by atoms with Gasteiger partial charge < -0.3 is 15.8 Å². The van der Waals surface area contributed by atoms with Crippen LogP contribution in [0.25, 0.3) is 0 Å². The van der Waals surface area contributed by atoms with E-state index in [4.69, 9.17) is 10.5 Å². The number of rotatable bonds is 3. The number of hydrogen-bond acceptors (Lipinski definition) is 3. The first-order chi connectivity index (χ1) is 6.90. The Hall–Kier alpha value is -0.610. The summed E-state index contributed by atoms with van der Waals surface area (Å²) in [6, 6.07) is 0. The van der Waals surface area contributed by atoms with Crippen molar-refractivity contribution in [3.63, 3.8) is 0 Å². The standard InChI is InChI=1S/C11H22N2O2/c1-4-10(2,3)13-9(14)11(12)5-7-15-8-6-11/h4-8,12H2,1-3H3,(H,13,14). The third-order valence-corrected chi connectivity index (χ3v) is 3.17. The van der Waals surface area contributed by atoms with Gasteiger partial charge in [-0.05, 0) is 33.1 Å². The largest absolute Gasteiger partial charge is 0.381 e. The molecule has 0 bridgehead atoms. The summed E-state index contributed by atoms with van der Waals surface area (Å²) in [5.74, 6) is -0.0438. The molecule has 0 radical (unpaired) electrons. The Balaban J connectivity index is 2.59. The minimum atomic E-state index is -0.731. The Bertz CT molecular complexity index is 233. The summed E-state index contributed by atoms with van der Waals surface area (Å²) in [5.41, 5.74) is 5.16. The predicted octanol–water partition coefficient (Wildman–Crippen LogP) is 0.799. The lowest BCUT2D eigenvalue weighted by Crippen LogP contribution is -2.60. The maximum atomic E-state index is 12.0. The molecule has 0 aromatic rings. The van der Waals surface area contributed by atoms with Crippen molar-refractivity contribution in [2.75, 3.05) is 13.2 Å². The first-order valence-electron chi connectivity index (χ1n) is 5.59. The van der Waals surface area contributed by atoms with Crippen molar-refractivity contribution < 1.29 is 9.53 Å². The summed E-state index contributed by atoms with van der Waals surface area (Å²) in [7, 11) is 0. The van der Waals surface area contributed by atoms with Crippen LogP contribution in [0.1, 0.15) is 40.0 Å². The Labute approximate surface area is 91.5 Å². The fourth-order valence-electron chi connectivity index (χ4n) is 1.48. The first-order valence-corrected chi connectivity index (χ1v) is 5.59. The molecule has 0 aromatic heterocycles. The van der Waals surface area contributed by atoms with Gasteiger partial charge >= 0.3 is 0 Å². The smallest absolute Gasteiger partial charge is 0.240 e. The van der Waals surface area contributed by atoms with Crippen molar-refractivity contribution in [2.45, 2.75) is 51.1 Å². The summed E-state index contributed by atoms with van der Waals surface area (Å²) in [5, 5.41) is 3.00. The SMILES string of the molecule is CCC(C)(C)NC(=O)C1(N)CCOCC1. The molecule has 0 saturated carbocycles. The average molecular weight is 214 g/mol. The van der Waals surface area contributed by atoms with Crippen LogP contribution in [0, 0.1) is 0 Å². The predicted molar refractivity (Wildman–Crippen MR) is 59.5 cm³/mol. The minimum Gasteiger partial charge on any atom is -0.381 e. The lowest BCUT2D eigenvalue weighted by Gasteiger charge is -2.35. The van der Waals surface area contributed by atoms with E-state index in [9.17, 15) is 4.79 Å². The molecule has 3 N–H and O–H groups in total. The highest BCUT2D eigenvalue weighted by atomic mass is 16.5. The van der Waals surface area contributed by atoms with Gasteiger partial charge in [-0.3, -0.25) is 4.79 Å². The van der Waals surface area contributed by atoms with Crippen LogP contribution in [0.5, 0.6) is 0 Å². The number of carbonyl (C=O) groups excluding carboxylic acids is 1. The van der Waals surface area contributed by atoms with Gasteiger partial charge in [0, 0.05) is 18.8 Å². The van der Waals surface area contributed by atoms with Crippen LogP contribution >= 0.6 is 0 Å². The van der Waals surface area contributed by atoms with Crippen LogP contribution in [-0.4, -0.2) is 30.2 Å². The molecule has 0 unspecified atom stereocenters. The molecule has 1 saturated heterocycles. The second kappa shape index (κ2) is 4.49. The number of ether oxygens (including phenoxy) is 1. The number of hydrogen-bond donors (Lipinski definition) is 2. The fraction of sp³-hybridized carbons (Fsp3) is 0.909. The number of nitrogens with one attached hydrogen (secondary N) is 1. The maximum absolute atomic E-state index is 12.0. The monoisotopic (exact) mass is 214 g/mol. The van der Waals surface area contributed by atoms with Crippen LogP contribution < -0.4 is 11.1 Å². The third kappa shape index (κ3) is 3.18. The van der Waals surface area contributed by atoms with Crippen molar-refractivity contribution in [3.8, 4) is 0 Å². The van der Waals surface area contributed by atoms with Crippen LogP contribution in [0.2, 0.25) is 0 Å². The lowest BCUT2D eigenvalue weighted by atomic mass is 9.88. The number of nitrogens with two attached hydrogens (primary N) is 1. The Kier molecular flexibility index (Phi) is 3.73. The molecular weight excluding hydrogens is 192 g/mol. The van der Waals surface area contributed by atoms with E-state index in [0.29, 0.717) is 26.1 Å². The van der Waals surface area contributed by atoms with Gasteiger partial charge in [-0.25, -0.2) is 0 Å². The molecule has 4 heteroatoms. The third-order valence-electron chi connectivity index (χ3n) is 3.17. The van der Waals surface area contributed by atoms with E-state index in [1.807, 2.05) is 20.8 Å². The molecule has 0 aromatic carbocycles. The summed E-state index contributed by atoms with van der Waals surface area (Å²) < 4.78 is 5.21. The van der Waals surface area contributed by atoms with E-state index in [-0.39, 0.29) is 11.4 Å². The summed E-state index contributed by atoms with van der Waals surface area (Å²) in [4.78, 5) is 12.0. The zero-order valence-corrected chi connectivity index (χ0v) is 9.93. The van der Waals surface area contributed by atoms with E-state index < -0.39 is 5.54 Å². The van der Waals surface area contributed by atoms with E-state index in [0.717, 1.165) is 6.42 Å². The molecular formula is C11H22N2O2. The van der Waals surface area contributed by atoms with Crippen molar-refractivity contribution >= 4 is 5.91 Å². The van der Waals surface area contributed by atoms with Crippen molar-refractivity contribution in [1.29, 1.82) is 0 Å². The van der Waals surface area contributed by atoms with Crippen LogP contribution in [-0.2, 0) is 9.53 Å². The number of amides is 1. The lowest BCUT2D eigenvalue weighted by molar-refractivity contribution is -0.131.